The summed E-state index contributed by atoms with van der Waals surface area (Å²) in [5, 5.41) is 12.3. The SMILES string of the molecule is C=Nc1c(C)ccc(C)c1N(C)C#Cc1cc(C(=O)Nc2ccc(CN3CC[C@@H](O)C3)c(C(F)(F)F)c2)ccc1C. The molecule has 1 saturated heterocycles. The van der Waals surface area contributed by atoms with E-state index in [1.54, 1.807) is 28.0 Å². The Morgan fingerprint density at radius 1 is 1.12 bits per heavy atom. The molecule has 214 valence electrons. The summed E-state index contributed by atoms with van der Waals surface area (Å²) in [5.74, 6) is 2.56. The molecule has 1 atom stereocenters. The van der Waals surface area contributed by atoms with Crippen molar-refractivity contribution in [1.29, 1.82) is 0 Å². The molecule has 0 saturated carbocycles. The Balaban J connectivity index is 1.56. The van der Waals surface area contributed by atoms with Crippen molar-refractivity contribution in [2.45, 2.75) is 46.0 Å². The van der Waals surface area contributed by atoms with Gasteiger partial charge in [0.05, 0.1) is 23.0 Å². The normalized spacial score (nSPS) is 15.3. The largest absolute Gasteiger partial charge is 0.416 e. The van der Waals surface area contributed by atoms with Crippen molar-refractivity contribution in [3.8, 4) is 12.0 Å². The Hall–Kier alpha value is -4.13. The lowest BCUT2D eigenvalue weighted by atomic mass is 10.0. The second-order valence-electron chi connectivity index (χ2n) is 10.4. The number of alkyl halides is 3. The van der Waals surface area contributed by atoms with Crippen LogP contribution in [0, 0.1) is 32.7 Å². The van der Waals surface area contributed by atoms with Crippen molar-refractivity contribution in [2.75, 3.05) is 30.4 Å². The first-order valence-corrected chi connectivity index (χ1v) is 13.2. The minimum absolute atomic E-state index is 0.0415. The van der Waals surface area contributed by atoms with Crippen LogP contribution in [0.4, 0.5) is 30.2 Å². The lowest BCUT2D eigenvalue weighted by molar-refractivity contribution is -0.138. The van der Waals surface area contributed by atoms with Gasteiger partial charge in [0.15, 0.2) is 0 Å². The first kappa shape index (κ1) is 29.8. The maximum Gasteiger partial charge on any atom is 0.416 e. The summed E-state index contributed by atoms with van der Waals surface area (Å²) < 4.78 is 41.7. The molecule has 41 heavy (non-hydrogen) atoms. The van der Waals surface area contributed by atoms with E-state index in [-0.39, 0.29) is 23.4 Å². The molecule has 1 heterocycles. The Bertz CT molecular complexity index is 1540. The molecule has 0 aromatic heterocycles. The highest BCUT2D eigenvalue weighted by molar-refractivity contribution is 6.04. The first-order chi connectivity index (χ1) is 19.4. The van der Waals surface area contributed by atoms with E-state index in [9.17, 15) is 23.1 Å². The summed E-state index contributed by atoms with van der Waals surface area (Å²) >= 11 is 0. The maximum atomic E-state index is 13.9. The van der Waals surface area contributed by atoms with Crippen LogP contribution in [0.2, 0.25) is 0 Å². The van der Waals surface area contributed by atoms with E-state index < -0.39 is 23.8 Å². The number of β-amino-alcohol motifs (C(OH)–C–C–N with tert-alkyl or cyclic N) is 1. The fourth-order valence-electron chi connectivity index (χ4n) is 4.96. The number of nitrogens with zero attached hydrogens (tertiary/aromatic N) is 3. The van der Waals surface area contributed by atoms with Gasteiger partial charge in [-0.25, -0.2) is 0 Å². The second kappa shape index (κ2) is 12.2. The molecule has 3 aromatic carbocycles. The van der Waals surface area contributed by atoms with Gasteiger partial charge in [0, 0.05) is 49.5 Å². The Morgan fingerprint density at radius 3 is 2.49 bits per heavy atom. The number of aliphatic imine (C=N–C) groups is 1. The van der Waals surface area contributed by atoms with Gasteiger partial charge in [0.2, 0.25) is 0 Å². The van der Waals surface area contributed by atoms with E-state index in [0.29, 0.717) is 25.1 Å². The number of amides is 1. The van der Waals surface area contributed by atoms with Gasteiger partial charge in [-0.1, -0.05) is 24.3 Å². The van der Waals surface area contributed by atoms with Gasteiger partial charge in [-0.3, -0.25) is 14.7 Å². The number of aryl methyl sites for hydroxylation is 3. The number of hydrogen-bond donors (Lipinski definition) is 2. The number of aliphatic hydroxyl groups is 1. The molecular formula is C32H33F3N4O2. The molecule has 1 fully saturated rings. The zero-order valence-electron chi connectivity index (χ0n) is 23.6. The molecule has 6 nitrogen and oxygen atoms in total. The number of anilines is 2. The fourth-order valence-corrected chi connectivity index (χ4v) is 4.96. The van der Waals surface area contributed by atoms with E-state index in [1.165, 1.54) is 12.1 Å². The van der Waals surface area contributed by atoms with E-state index in [1.807, 2.05) is 40.0 Å². The van der Waals surface area contributed by atoms with Gasteiger partial charge in [-0.05, 0) is 86.3 Å². The van der Waals surface area contributed by atoms with Crippen LogP contribution >= 0.6 is 0 Å². The molecule has 0 aliphatic carbocycles. The van der Waals surface area contributed by atoms with Crippen LogP contribution in [0.5, 0.6) is 0 Å². The van der Waals surface area contributed by atoms with E-state index in [0.717, 1.165) is 34.1 Å². The number of hydrogen-bond acceptors (Lipinski definition) is 5. The fraction of sp³-hybridized carbons (Fsp3) is 0.312. The molecular weight excluding hydrogens is 529 g/mol. The molecule has 1 aliphatic heterocycles. The number of aliphatic hydroxyl groups excluding tert-OH is 1. The molecule has 1 aliphatic rings. The van der Waals surface area contributed by atoms with Crippen LogP contribution < -0.4 is 10.2 Å². The van der Waals surface area contributed by atoms with Crippen molar-refractivity contribution in [3.63, 3.8) is 0 Å². The molecule has 0 bridgehead atoms. The Kier molecular flexibility index (Phi) is 8.86. The maximum absolute atomic E-state index is 13.9. The summed E-state index contributed by atoms with van der Waals surface area (Å²) in [6, 6.07) is 15.8. The van der Waals surface area contributed by atoms with E-state index in [4.69, 9.17) is 0 Å². The van der Waals surface area contributed by atoms with Gasteiger partial charge >= 0.3 is 6.18 Å². The van der Waals surface area contributed by atoms with Crippen LogP contribution in [0.3, 0.4) is 0 Å². The number of benzene rings is 3. The van der Waals surface area contributed by atoms with E-state index in [2.05, 4.69) is 29.0 Å². The number of likely N-dealkylation sites (tertiary alicyclic amines) is 1. The molecule has 9 heteroatoms. The molecule has 0 radical (unpaired) electrons. The van der Waals surface area contributed by atoms with Crippen molar-refractivity contribution in [1.82, 2.24) is 4.90 Å². The quantitative estimate of drug-likeness (QED) is 0.213. The molecule has 0 unspecified atom stereocenters. The summed E-state index contributed by atoms with van der Waals surface area (Å²) in [7, 11) is 1.82. The predicted octanol–water partition coefficient (Wildman–Crippen LogP) is 6.23. The average Bonchev–Trinajstić information content (AvgIpc) is 3.33. The van der Waals surface area contributed by atoms with Gasteiger partial charge in [0.1, 0.15) is 0 Å². The number of rotatable bonds is 6. The highest BCUT2D eigenvalue weighted by atomic mass is 19.4. The Labute approximate surface area is 238 Å². The summed E-state index contributed by atoms with van der Waals surface area (Å²) in [5.41, 5.74) is 4.60. The Morgan fingerprint density at radius 2 is 1.83 bits per heavy atom. The summed E-state index contributed by atoms with van der Waals surface area (Å²) in [4.78, 5) is 20.8. The third kappa shape index (κ3) is 6.96. The summed E-state index contributed by atoms with van der Waals surface area (Å²) in [6.07, 6.45) is -4.59. The third-order valence-corrected chi connectivity index (χ3v) is 7.22. The lowest BCUT2D eigenvalue weighted by Crippen LogP contribution is -2.23. The molecule has 3 aromatic rings. The standard InChI is InChI=1S/C32H33F3N4O2/c1-20-8-9-24(16-23(20)12-14-38(5)30-22(3)7-6-21(2)29(30)36-4)31(41)37-26-11-10-25(28(17-26)32(33,34)35)18-39-15-13-27(40)19-39/h6-11,16-17,27,40H,4,13,15,18-19H2,1-3,5H3,(H,37,41)/t27-/m1/s1. The number of carbonyl (C=O) groups is 1. The van der Waals surface area contributed by atoms with Gasteiger partial charge in [0.25, 0.3) is 5.91 Å². The lowest BCUT2D eigenvalue weighted by Gasteiger charge is -2.20. The van der Waals surface area contributed by atoms with Crippen LogP contribution in [-0.2, 0) is 12.7 Å². The zero-order chi connectivity index (χ0) is 29.9. The topological polar surface area (TPSA) is 68.2 Å². The van der Waals surface area contributed by atoms with Crippen LogP contribution in [0.1, 0.15) is 50.2 Å². The molecule has 2 N–H and O–H groups in total. The molecule has 4 rings (SSSR count). The third-order valence-electron chi connectivity index (χ3n) is 7.22. The van der Waals surface area contributed by atoms with Gasteiger partial charge < -0.3 is 15.3 Å². The molecule has 0 spiro atoms. The number of halogens is 3. The van der Waals surface area contributed by atoms with Crippen LogP contribution in [-0.4, -0.2) is 48.9 Å². The van der Waals surface area contributed by atoms with Crippen LogP contribution in [0.25, 0.3) is 0 Å². The van der Waals surface area contributed by atoms with Crippen molar-refractivity contribution >= 4 is 29.7 Å². The second-order valence-corrected chi connectivity index (χ2v) is 10.4. The average molecular weight is 563 g/mol. The van der Waals surface area contributed by atoms with Gasteiger partial charge in [-0.2, -0.15) is 13.2 Å². The monoisotopic (exact) mass is 562 g/mol. The predicted molar refractivity (Wildman–Crippen MR) is 157 cm³/mol. The first-order valence-electron chi connectivity index (χ1n) is 13.2. The number of nitrogens with one attached hydrogen (secondary N) is 1. The van der Waals surface area contributed by atoms with Crippen molar-refractivity contribution < 1.29 is 23.1 Å². The van der Waals surface area contributed by atoms with Crippen molar-refractivity contribution in [3.05, 3.63) is 87.5 Å². The van der Waals surface area contributed by atoms with Crippen molar-refractivity contribution in [2.24, 2.45) is 4.99 Å². The zero-order valence-corrected chi connectivity index (χ0v) is 23.6. The van der Waals surface area contributed by atoms with E-state index >= 15 is 0 Å². The highest BCUT2D eigenvalue weighted by Gasteiger charge is 2.34. The van der Waals surface area contributed by atoms with Gasteiger partial charge in [-0.15, -0.1) is 0 Å². The minimum Gasteiger partial charge on any atom is -0.392 e. The summed E-state index contributed by atoms with van der Waals surface area (Å²) in [6.45, 7) is 10.4. The minimum atomic E-state index is -4.59. The molecule has 1 amide bonds. The van der Waals surface area contributed by atoms with Crippen LogP contribution in [0.15, 0.2) is 53.5 Å². The smallest absolute Gasteiger partial charge is 0.392 e. The highest BCUT2D eigenvalue weighted by Crippen LogP contribution is 2.36. The number of carbonyl (C=O) groups excluding carboxylic acids is 1.